The molecule has 0 radical (unpaired) electrons. The minimum Gasteiger partial charge on any atom is -0.325 e. The molecule has 5 nitrogen and oxygen atoms in total. The molecule has 0 aliphatic carbocycles. The Morgan fingerprint density at radius 1 is 0.967 bits per heavy atom. The molecule has 0 aliphatic heterocycles. The lowest BCUT2D eigenvalue weighted by Gasteiger charge is -2.18. The second-order valence-electron chi connectivity index (χ2n) is 7.28. The van der Waals surface area contributed by atoms with E-state index in [0.717, 1.165) is 17.4 Å². The van der Waals surface area contributed by atoms with E-state index in [1.165, 1.54) is 12.1 Å². The molecule has 0 bridgehead atoms. The quantitative estimate of drug-likeness (QED) is 0.602. The monoisotopic (exact) mass is 426 g/mol. The van der Waals surface area contributed by atoms with Gasteiger partial charge in [-0.05, 0) is 49.2 Å². The first-order valence-corrected chi connectivity index (χ1v) is 11.2. The van der Waals surface area contributed by atoms with Gasteiger partial charge in [-0.3, -0.25) is 9.52 Å². The predicted molar refractivity (Wildman–Crippen MR) is 119 cm³/mol. The van der Waals surface area contributed by atoms with Crippen LogP contribution in [0.5, 0.6) is 0 Å². The van der Waals surface area contributed by atoms with Gasteiger partial charge < -0.3 is 5.32 Å². The lowest BCUT2D eigenvalue weighted by Crippen LogP contribution is -2.16. The highest BCUT2D eigenvalue weighted by molar-refractivity contribution is 7.92. The molecule has 0 atom stereocenters. The molecule has 0 fully saturated rings. The van der Waals surface area contributed by atoms with E-state index in [4.69, 9.17) is 0 Å². The van der Waals surface area contributed by atoms with Crippen LogP contribution in [0.15, 0.2) is 60.7 Å². The summed E-state index contributed by atoms with van der Waals surface area (Å²) in [6, 6.07) is 16.7. The maximum atomic E-state index is 13.1. The van der Waals surface area contributed by atoms with Crippen LogP contribution in [0.25, 0.3) is 11.1 Å². The maximum absolute atomic E-state index is 13.1. The highest BCUT2D eigenvalue weighted by Crippen LogP contribution is 2.37. The number of sulfonamides is 1. The third-order valence-corrected chi connectivity index (χ3v) is 5.13. The first-order chi connectivity index (χ1) is 14.1. The first kappa shape index (κ1) is 21.5. The van der Waals surface area contributed by atoms with E-state index in [0.29, 0.717) is 28.1 Å². The number of hydrogen-bond donors (Lipinski definition) is 2. The zero-order valence-corrected chi connectivity index (χ0v) is 17.8. The van der Waals surface area contributed by atoms with Crippen LogP contribution in [0, 0.1) is 19.7 Å². The van der Waals surface area contributed by atoms with E-state index < -0.39 is 10.0 Å². The van der Waals surface area contributed by atoms with Crippen LogP contribution >= 0.6 is 0 Å². The second-order valence-corrected chi connectivity index (χ2v) is 9.02. The van der Waals surface area contributed by atoms with Crippen molar-refractivity contribution in [2.45, 2.75) is 20.3 Å². The number of rotatable bonds is 6. The normalized spacial score (nSPS) is 11.2. The van der Waals surface area contributed by atoms with E-state index in [9.17, 15) is 17.6 Å². The van der Waals surface area contributed by atoms with Crippen molar-refractivity contribution in [2.75, 3.05) is 16.3 Å². The van der Waals surface area contributed by atoms with Crippen molar-refractivity contribution < 1.29 is 17.6 Å². The van der Waals surface area contributed by atoms with E-state index in [-0.39, 0.29) is 18.1 Å². The van der Waals surface area contributed by atoms with Crippen LogP contribution in [-0.2, 0) is 21.2 Å². The Bertz CT molecular complexity index is 1190. The summed E-state index contributed by atoms with van der Waals surface area (Å²) in [5.41, 5.74) is 4.94. The number of para-hydroxylation sites is 1. The van der Waals surface area contributed by atoms with Crippen LogP contribution < -0.4 is 10.0 Å². The molecule has 2 N–H and O–H groups in total. The Kier molecular flexibility index (Phi) is 6.22. The van der Waals surface area contributed by atoms with Crippen LogP contribution in [0.3, 0.4) is 0 Å². The minimum atomic E-state index is -3.48. The minimum absolute atomic E-state index is 0.0935. The largest absolute Gasteiger partial charge is 0.325 e. The molecular formula is C23H23FN2O3S. The van der Waals surface area contributed by atoms with Gasteiger partial charge in [0, 0.05) is 11.1 Å². The Morgan fingerprint density at radius 3 is 2.30 bits per heavy atom. The van der Waals surface area contributed by atoms with Gasteiger partial charge in [0.1, 0.15) is 5.82 Å². The summed E-state index contributed by atoms with van der Waals surface area (Å²) >= 11 is 0. The highest BCUT2D eigenvalue weighted by Gasteiger charge is 2.16. The lowest BCUT2D eigenvalue weighted by atomic mass is 9.96. The molecule has 1 amide bonds. The molecule has 0 aliphatic rings. The molecule has 30 heavy (non-hydrogen) atoms. The van der Waals surface area contributed by atoms with Gasteiger partial charge in [0.2, 0.25) is 15.9 Å². The van der Waals surface area contributed by atoms with Gasteiger partial charge in [0.25, 0.3) is 0 Å². The average Bonchev–Trinajstić information content (AvgIpc) is 2.65. The molecule has 156 valence electrons. The number of carbonyl (C=O) groups excluding carboxylic acids is 1. The van der Waals surface area contributed by atoms with Crippen molar-refractivity contribution in [1.29, 1.82) is 0 Å². The third kappa shape index (κ3) is 5.45. The maximum Gasteiger partial charge on any atom is 0.229 e. The van der Waals surface area contributed by atoms with Gasteiger partial charge in [0.05, 0.1) is 24.1 Å². The van der Waals surface area contributed by atoms with Gasteiger partial charge in [0.15, 0.2) is 0 Å². The number of benzene rings is 3. The van der Waals surface area contributed by atoms with Gasteiger partial charge in [-0.1, -0.05) is 42.0 Å². The van der Waals surface area contributed by atoms with Gasteiger partial charge in [-0.2, -0.15) is 0 Å². The Hall–Kier alpha value is -3.19. The van der Waals surface area contributed by atoms with Crippen molar-refractivity contribution in [3.63, 3.8) is 0 Å². The number of anilines is 2. The van der Waals surface area contributed by atoms with E-state index >= 15 is 0 Å². The van der Waals surface area contributed by atoms with Crippen molar-refractivity contribution in [3.8, 4) is 11.1 Å². The first-order valence-electron chi connectivity index (χ1n) is 9.35. The zero-order chi connectivity index (χ0) is 21.9. The number of carbonyl (C=O) groups is 1. The third-order valence-electron chi connectivity index (χ3n) is 4.53. The fourth-order valence-electron chi connectivity index (χ4n) is 3.32. The van der Waals surface area contributed by atoms with Gasteiger partial charge in [-0.25, -0.2) is 12.8 Å². The molecule has 0 aromatic heterocycles. The van der Waals surface area contributed by atoms with Crippen LogP contribution in [0.1, 0.15) is 16.7 Å². The molecule has 3 aromatic rings. The summed E-state index contributed by atoms with van der Waals surface area (Å²) in [5, 5.41) is 2.95. The predicted octanol–water partition coefficient (Wildman–Crippen LogP) is 4.66. The van der Waals surface area contributed by atoms with Crippen LogP contribution in [0.2, 0.25) is 0 Å². The van der Waals surface area contributed by atoms with Crippen LogP contribution in [0.4, 0.5) is 15.8 Å². The standard InChI is InChI=1S/C23H23FN2O3S/c1-15-12-16(2)23(25-22(27)14-17-8-10-18(24)11-9-17)20(13-15)19-6-4-5-7-21(19)26-30(3,28)29/h4-13,26H,14H2,1-3H3,(H,25,27). The SMILES string of the molecule is Cc1cc(C)c(NC(=O)Cc2ccc(F)cc2)c(-c2ccccc2NS(C)(=O)=O)c1. The molecule has 7 heteroatoms. The Morgan fingerprint density at radius 2 is 1.63 bits per heavy atom. The number of aryl methyl sites for hydroxylation is 2. The van der Waals surface area contributed by atoms with E-state index in [2.05, 4.69) is 10.0 Å². The number of nitrogens with one attached hydrogen (secondary N) is 2. The smallest absolute Gasteiger partial charge is 0.229 e. The summed E-state index contributed by atoms with van der Waals surface area (Å²) < 4.78 is 39.2. The summed E-state index contributed by atoms with van der Waals surface area (Å²) in [5.74, 6) is -0.603. The van der Waals surface area contributed by atoms with Gasteiger partial charge >= 0.3 is 0 Å². The molecule has 0 unspecified atom stereocenters. The summed E-state index contributed by atoms with van der Waals surface area (Å²) in [6.45, 7) is 3.82. The van der Waals surface area contributed by atoms with Gasteiger partial charge in [-0.15, -0.1) is 0 Å². The lowest BCUT2D eigenvalue weighted by molar-refractivity contribution is -0.115. The molecule has 3 rings (SSSR count). The molecule has 0 saturated heterocycles. The highest BCUT2D eigenvalue weighted by atomic mass is 32.2. The van der Waals surface area contributed by atoms with E-state index in [1.807, 2.05) is 32.0 Å². The summed E-state index contributed by atoms with van der Waals surface area (Å²) in [7, 11) is -3.48. The number of halogens is 1. The molecule has 0 saturated carbocycles. The van der Waals surface area contributed by atoms with Crippen molar-refractivity contribution in [2.24, 2.45) is 0 Å². The Balaban J connectivity index is 1.99. The second kappa shape index (κ2) is 8.67. The van der Waals surface area contributed by atoms with Crippen LogP contribution in [-0.4, -0.2) is 20.6 Å². The van der Waals surface area contributed by atoms with E-state index in [1.54, 1.807) is 30.3 Å². The fraction of sp³-hybridized carbons (Fsp3) is 0.174. The summed E-state index contributed by atoms with van der Waals surface area (Å²) in [4.78, 5) is 12.7. The number of hydrogen-bond acceptors (Lipinski definition) is 3. The zero-order valence-electron chi connectivity index (χ0n) is 17.0. The van der Waals surface area contributed by atoms with Crippen molar-refractivity contribution in [3.05, 3.63) is 83.2 Å². The average molecular weight is 427 g/mol. The topological polar surface area (TPSA) is 75.3 Å². The van der Waals surface area contributed by atoms with Crippen molar-refractivity contribution >= 4 is 27.3 Å². The summed E-state index contributed by atoms with van der Waals surface area (Å²) in [6.07, 6.45) is 1.19. The molecule has 3 aromatic carbocycles. The van der Waals surface area contributed by atoms with Crippen molar-refractivity contribution in [1.82, 2.24) is 0 Å². The number of amides is 1. The Labute approximate surface area is 176 Å². The molecular weight excluding hydrogens is 403 g/mol. The fourth-order valence-corrected chi connectivity index (χ4v) is 3.90. The molecule has 0 spiro atoms. The molecule has 0 heterocycles.